The lowest BCUT2D eigenvalue weighted by atomic mass is 10.1. The van der Waals surface area contributed by atoms with Crippen LogP contribution in [0.15, 0.2) is 82.7 Å². The van der Waals surface area contributed by atoms with Gasteiger partial charge in [0.05, 0.1) is 10.9 Å². The molecule has 25 heavy (non-hydrogen) atoms. The molecule has 2 aromatic carbocycles. The zero-order valence-electron chi connectivity index (χ0n) is 14.4. The van der Waals surface area contributed by atoms with Crippen molar-refractivity contribution in [3.8, 4) is 0 Å². The van der Waals surface area contributed by atoms with Gasteiger partial charge in [0.15, 0.2) is 0 Å². The summed E-state index contributed by atoms with van der Waals surface area (Å²) in [7, 11) is -3.68. The van der Waals surface area contributed by atoms with Crippen LogP contribution in [0.4, 0.5) is 0 Å². The predicted octanol–water partition coefficient (Wildman–Crippen LogP) is 5.25. The number of hydrogen-bond donors (Lipinski definition) is 0. The number of allylic oxidation sites excluding steroid dienone is 1. The summed E-state index contributed by atoms with van der Waals surface area (Å²) in [5.41, 5.74) is 1.88. The predicted molar refractivity (Wildman–Crippen MR) is 107 cm³/mol. The molecule has 0 aromatic heterocycles. The number of hydrogen-bond acceptors (Lipinski definition) is 2. The van der Waals surface area contributed by atoms with Gasteiger partial charge in [-0.15, -0.1) is 6.58 Å². The summed E-state index contributed by atoms with van der Waals surface area (Å²) in [4.78, 5) is 0.279. The molecule has 0 amide bonds. The van der Waals surface area contributed by atoms with Crippen molar-refractivity contribution in [1.29, 1.82) is 0 Å². The number of nitrogens with zero attached hydrogens (tertiary/aromatic N) is 1. The van der Waals surface area contributed by atoms with Gasteiger partial charge in [0.1, 0.15) is 0 Å². The zero-order chi connectivity index (χ0) is 18.4. The average Bonchev–Trinajstić information content (AvgIpc) is 2.60. The molecular weight excluding hydrogens is 398 g/mol. The van der Waals surface area contributed by atoms with Gasteiger partial charge in [-0.2, -0.15) is 4.31 Å². The van der Waals surface area contributed by atoms with E-state index in [1.165, 1.54) is 4.31 Å². The Hall–Kier alpha value is -1.69. The topological polar surface area (TPSA) is 37.4 Å². The van der Waals surface area contributed by atoms with Gasteiger partial charge in [0.25, 0.3) is 0 Å². The maximum absolute atomic E-state index is 13.3. The van der Waals surface area contributed by atoms with Gasteiger partial charge >= 0.3 is 0 Å². The van der Waals surface area contributed by atoms with E-state index < -0.39 is 16.1 Å². The van der Waals surface area contributed by atoms with Crippen molar-refractivity contribution in [2.45, 2.75) is 24.8 Å². The maximum atomic E-state index is 13.3. The van der Waals surface area contributed by atoms with Crippen LogP contribution in [0.2, 0.25) is 0 Å². The van der Waals surface area contributed by atoms with Crippen LogP contribution < -0.4 is 0 Å². The molecule has 2 rings (SSSR count). The lowest BCUT2D eigenvalue weighted by Crippen LogP contribution is -2.34. The van der Waals surface area contributed by atoms with Crippen molar-refractivity contribution in [3.63, 3.8) is 0 Å². The SMILES string of the molecule is C=CC(c1ccccc1Br)N(C/C=C/C)S(=O)(=O)c1ccc(C)cc1. The van der Waals surface area contributed by atoms with Crippen molar-refractivity contribution in [2.75, 3.05) is 6.54 Å². The quantitative estimate of drug-likeness (QED) is 0.574. The second-order valence-electron chi connectivity index (χ2n) is 5.66. The first-order chi connectivity index (χ1) is 11.9. The Balaban J connectivity index is 2.55. The normalized spacial score (nSPS) is 13.3. The molecule has 0 heterocycles. The van der Waals surface area contributed by atoms with E-state index in [9.17, 15) is 8.42 Å². The van der Waals surface area contributed by atoms with Crippen LogP contribution in [0.3, 0.4) is 0 Å². The summed E-state index contributed by atoms with van der Waals surface area (Å²) in [6.45, 7) is 7.95. The molecular formula is C20H22BrNO2S. The number of aryl methyl sites for hydroxylation is 1. The molecule has 5 heteroatoms. The molecule has 0 N–H and O–H groups in total. The Kier molecular flexibility index (Phi) is 6.76. The molecule has 0 saturated carbocycles. The number of rotatable bonds is 7. The minimum absolute atomic E-state index is 0.269. The molecule has 0 aliphatic heterocycles. The molecule has 1 atom stereocenters. The number of halogens is 1. The van der Waals surface area contributed by atoms with Gasteiger partial charge in [-0.05, 0) is 37.6 Å². The smallest absolute Gasteiger partial charge is 0.207 e. The van der Waals surface area contributed by atoms with Gasteiger partial charge in [-0.1, -0.05) is 70.1 Å². The highest BCUT2D eigenvalue weighted by Crippen LogP contribution is 2.32. The molecule has 0 saturated heterocycles. The lowest BCUT2D eigenvalue weighted by molar-refractivity contribution is 0.397. The average molecular weight is 420 g/mol. The van der Waals surface area contributed by atoms with Crippen LogP contribution in [-0.2, 0) is 10.0 Å². The molecule has 132 valence electrons. The first-order valence-corrected chi connectivity index (χ1v) is 10.2. The third kappa shape index (κ3) is 4.48. The standard InChI is InChI=1S/C20H22BrNO2S/c1-4-6-15-22(20(5-2)18-9-7-8-10-19(18)21)25(23,24)17-13-11-16(3)12-14-17/h4-14,20H,2,15H2,1,3H3/b6-4+. The summed E-state index contributed by atoms with van der Waals surface area (Å²) in [6.07, 6.45) is 5.34. The molecule has 0 spiro atoms. The fraction of sp³-hybridized carbons (Fsp3) is 0.200. The highest BCUT2D eigenvalue weighted by atomic mass is 79.9. The first-order valence-electron chi connectivity index (χ1n) is 7.98. The Bertz CT molecular complexity index is 858. The van der Waals surface area contributed by atoms with E-state index in [1.807, 2.05) is 62.4 Å². The second kappa shape index (κ2) is 8.61. The molecule has 0 bridgehead atoms. The van der Waals surface area contributed by atoms with Crippen LogP contribution in [-0.4, -0.2) is 19.3 Å². The number of benzene rings is 2. The van der Waals surface area contributed by atoms with E-state index in [4.69, 9.17) is 0 Å². The summed E-state index contributed by atoms with van der Waals surface area (Å²) in [6, 6.07) is 14.0. The molecule has 0 aliphatic carbocycles. The maximum Gasteiger partial charge on any atom is 0.244 e. The van der Waals surface area contributed by atoms with Crippen molar-refractivity contribution in [2.24, 2.45) is 0 Å². The molecule has 0 fully saturated rings. The van der Waals surface area contributed by atoms with Crippen molar-refractivity contribution in [3.05, 3.63) is 88.9 Å². The fourth-order valence-corrected chi connectivity index (χ4v) is 4.58. The molecule has 0 radical (unpaired) electrons. The van der Waals surface area contributed by atoms with E-state index in [-0.39, 0.29) is 11.4 Å². The fourth-order valence-electron chi connectivity index (χ4n) is 2.53. The van der Waals surface area contributed by atoms with Gasteiger partial charge < -0.3 is 0 Å². The Morgan fingerprint density at radius 2 is 1.80 bits per heavy atom. The van der Waals surface area contributed by atoms with Crippen LogP contribution >= 0.6 is 15.9 Å². The summed E-state index contributed by atoms with van der Waals surface area (Å²) < 4.78 is 28.8. The number of sulfonamides is 1. The van der Waals surface area contributed by atoms with Crippen LogP contribution in [0.25, 0.3) is 0 Å². The zero-order valence-corrected chi connectivity index (χ0v) is 16.8. The van der Waals surface area contributed by atoms with Gasteiger partial charge in [0, 0.05) is 11.0 Å². The molecule has 2 aromatic rings. The highest BCUT2D eigenvalue weighted by molar-refractivity contribution is 9.10. The minimum atomic E-state index is -3.68. The third-order valence-electron chi connectivity index (χ3n) is 3.91. The van der Waals surface area contributed by atoms with Crippen LogP contribution in [0, 0.1) is 6.92 Å². The van der Waals surface area contributed by atoms with E-state index >= 15 is 0 Å². The Morgan fingerprint density at radius 3 is 2.36 bits per heavy atom. The molecule has 0 aliphatic rings. The van der Waals surface area contributed by atoms with Crippen molar-refractivity contribution >= 4 is 26.0 Å². The van der Waals surface area contributed by atoms with Crippen molar-refractivity contribution < 1.29 is 8.42 Å². The summed E-state index contributed by atoms with van der Waals surface area (Å²) in [5, 5.41) is 0. The molecule has 3 nitrogen and oxygen atoms in total. The van der Waals surface area contributed by atoms with E-state index in [0.29, 0.717) is 0 Å². The second-order valence-corrected chi connectivity index (χ2v) is 8.40. The van der Waals surface area contributed by atoms with Gasteiger partial charge in [-0.25, -0.2) is 8.42 Å². The van der Waals surface area contributed by atoms with E-state index in [0.717, 1.165) is 15.6 Å². The van der Waals surface area contributed by atoms with Crippen molar-refractivity contribution in [1.82, 2.24) is 4.31 Å². The Morgan fingerprint density at radius 1 is 1.16 bits per heavy atom. The van der Waals surface area contributed by atoms with E-state index in [2.05, 4.69) is 22.5 Å². The first kappa shape index (κ1) is 19.6. The van der Waals surface area contributed by atoms with Gasteiger partial charge in [0.2, 0.25) is 10.0 Å². The Labute approximate surface area is 158 Å². The monoisotopic (exact) mass is 419 g/mol. The summed E-state index contributed by atoms with van der Waals surface area (Å²) in [5.74, 6) is 0. The van der Waals surface area contributed by atoms with Crippen LogP contribution in [0.1, 0.15) is 24.1 Å². The third-order valence-corrected chi connectivity index (χ3v) is 6.49. The van der Waals surface area contributed by atoms with Gasteiger partial charge in [-0.3, -0.25) is 0 Å². The largest absolute Gasteiger partial charge is 0.244 e. The highest BCUT2D eigenvalue weighted by Gasteiger charge is 2.30. The summed E-state index contributed by atoms with van der Waals surface area (Å²) >= 11 is 3.52. The minimum Gasteiger partial charge on any atom is -0.207 e. The van der Waals surface area contributed by atoms with E-state index in [1.54, 1.807) is 18.2 Å². The molecule has 1 unspecified atom stereocenters. The lowest BCUT2D eigenvalue weighted by Gasteiger charge is -2.29. The van der Waals surface area contributed by atoms with Crippen LogP contribution in [0.5, 0.6) is 0 Å².